The first kappa shape index (κ1) is 16.5. The maximum atomic E-state index is 6.18. The van der Waals surface area contributed by atoms with Crippen molar-refractivity contribution >= 4 is 46.7 Å². The SMILES string of the molecule is NC(=S)N/N=C\c1ccc(OCc2ccc(Cl)cc2)c(Cl)c1. The highest BCUT2D eigenvalue weighted by molar-refractivity contribution is 7.80. The molecule has 0 heterocycles. The molecule has 0 saturated carbocycles. The zero-order valence-corrected chi connectivity index (χ0v) is 13.8. The van der Waals surface area contributed by atoms with Crippen molar-refractivity contribution in [1.82, 2.24) is 5.43 Å². The molecule has 22 heavy (non-hydrogen) atoms. The molecule has 7 heteroatoms. The molecule has 0 aliphatic heterocycles. The van der Waals surface area contributed by atoms with E-state index >= 15 is 0 Å². The molecule has 0 bridgehead atoms. The summed E-state index contributed by atoms with van der Waals surface area (Å²) in [6.45, 7) is 0.410. The van der Waals surface area contributed by atoms with Crippen LogP contribution in [0, 0.1) is 0 Å². The normalized spacial score (nSPS) is 10.6. The van der Waals surface area contributed by atoms with E-state index in [0.29, 0.717) is 22.4 Å². The van der Waals surface area contributed by atoms with Crippen LogP contribution < -0.4 is 15.9 Å². The number of benzene rings is 2. The molecule has 0 atom stereocenters. The average Bonchev–Trinajstić information content (AvgIpc) is 2.48. The van der Waals surface area contributed by atoms with Gasteiger partial charge in [-0.05, 0) is 53.7 Å². The number of hydrogen-bond acceptors (Lipinski definition) is 3. The van der Waals surface area contributed by atoms with E-state index in [9.17, 15) is 0 Å². The van der Waals surface area contributed by atoms with Crippen LogP contribution in [0.1, 0.15) is 11.1 Å². The summed E-state index contributed by atoms with van der Waals surface area (Å²) in [6, 6.07) is 12.8. The van der Waals surface area contributed by atoms with Crippen molar-refractivity contribution in [3.63, 3.8) is 0 Å². The van der Waals surface area contributed by atoms with Crippen LogP contribution in [0.3, 0.4) is 0 Å². The number of thiocarbonyl (C=S) groups is 1. The Hall–Kier alpha value is -1.82. The van der Waals surface area contributed by atoms with E-state index in [0.717, 1.165) is 11.1 Å². The topological polar surface area (TPSA) is 59.6 Å². The third kappa shape index (κ3) is 5.18. The number of nitrogens with two attached hydrogens (primary N) is 1. The predicted molar refractivity (Wildman–Crippen MR) is 94.8 cm³/mol. The molecule has 0 aliphatic carbocycles. The molecule has 114 valence electrons. The molecule has 3 N–H and O–H groups in total. The number of nitrogens with one attached hydrogen (secondary N) is 1. The number of nitrogens with zero attached hydrogens (tertiary/aromatic N) is 1. The first-order valence-corrected chi connectivity index (χ1v) is 7.46. The number of rotatable bonds is 5. The molecule has 0 fully saturated rings. The highest BCUT2D eigenvalue weighted by Gasteiger charge is 2.03. The largest absolute Gasteiger partial charge is 0.487 e. The molecule has 0 unspecified atom stereocenters. The van der Waals surface area contributed by atoms with Gasteiger partial charge in [-0.3, -0.25) is 5.43 Å². The monoisotopic (exact) mass is 353 g/mol. The van der Waals surface area contributed by atoms with E-state index < -0.39 is 0 Å². The Kier molecular flexibility index (Phi) is 6.00. The molecule has 0 amide bonds. The van der Waals surface area contributed by atoms with Gasteiger partial charge >= 0.3 is 0 Å². The number of ether oxygens (including phenoxy) is 1. The van der Waals surface area contributed by atoms with Crippen LogP contribution in [0.2, 0.25) is 10.0 Å². The summed E-state index contributed by atoms with van der Waals surface area (Å²) >= 11 is 16.7. The van der Waals surface area contributed by atoms with Gasteiger partial charge in [0, 0.05) is 5.02 Å². The molecule has 0 aliphatic rings. The zero-order chi connectivity index (χ0) is 15.9. The van der Waals surface area contributed by atoms with E-state index in [1.54, 1.807) is 18.3 Å². The molecule has 4 nitrogen and oxygen atoms in total. The lowest BCUT2D eigenvalue weighted by atomic mass is 10.2. The Bertz CT molecular complexity index is 690. The van der Waals surface area contributed by atoms with Crippen molar-refractivity contribution in [2.75, 3.05) is 0 Å². The minimum atomic E-state index is 0.102. The van der Waals surface area contributed by atoms with Gasteiger partial charge in [0.05, 0.1) is 11.2 Å². The lowest BCUT2D eigenvalue weighted by Crippen LogP contribution is -2.23. The van der Waals surface area contributed by atoms with Crippen LogP contribution >= 0.6 is 35.4 Å². The van der Waals surface area contributed by atoms with E-state index in [1.807, 2.05) is 30.3 Å². The predicted octanol–water partition coefficient (Wildman–Crippen LogP) is 3.74. The molecule has 2 rings (SSSR count). The minimum Gasteiger partial charge on any atom is -0.487 e. The maximum absolute atomic E-state index is 6.18. The molecule has 2 aromatic carbocycles. The summed E-state index contributed by atoms with van der Waals surface area (Å²) < 4.78 is 5.68. The Balaban J connectivity index is 1.98. The number of halogens is 2. The fraction of sp³-hybridized carbons (Fsp3) is 0.0667. The molecule has 0 aromatic heterocycles. The lowest BCUT2D eigenvalue weighted by molar-refractivity contribution is 0.306. The second-order valence-corrected chi connectivity index (χ2v) is 5.62. The first-order chi connectivity index (χ1) is 10.5. The van der Waals surface area contributed by atoms with Crippen LogP contribution in [-0.4, -0.2) is 11.3 Å². The van der Waals surface area contributed by atoms with Crippen LogP contribution in [0.15, 0.2) is 47.6 Å². The number of hydrazone groups is 1. The molecular formula is C15H13Cl2N3OS. The average molecular weight is 354 g/mol. The molecule has 0 radical (unpaired) electrons. The summed E-state index contributed by atoms with van der Waals surface area (Å²) in [7, 11) is 0. The van der Waals surface area contributed by atoms with Crippen molar-refractivity contribution in [3.8, 4) is 5.75 Å². The fourth-order valence-corrected chi connectivity index (χ4v) is 2.05. The third-order valence-corrected chi connectivity index (χ3v) is 3.29. The molecule has 0 saturated heterocycles. The molecular weight excluding hydrogens is 341 g/mol. The zero-order valence-electron chi connectivity index (χ0n) is 11.4. The lowest BCUT2D eigenvalue weighted by Gasteiger charge is -2.08. The van der Waals surface area contributed by atoms with Gasteiger partial charge in [-0.25, -0.2) is 0 Å². The van der Waals surface area contributed by atoms with Crippen LogP contribution in [0.4, 0.5) is 0 Å². The minimum absolute atomic E-state index is 0.102. The van der Waals surface area contributed by atoms with Gasteiger partial charge in [0.25, 0.3) is 0 Å². The Morgan fingerprint density at radius 2 is 1.95 bits per heavy atom. The maximum Gasteiger partial charge on any atom is 0.184 e. The first-order valence-electron chi connectivity index (χ1n) is 6.30. The second kappa shape index (κ2) is 7.98. The van der Waals surface area contributed by atoms with Gasteiger partial charge < -0.3 is 10.5 Å². The second-order valence-electron chi connectivity index (χ2n) is 4.34. The number of hydrogen-bond donors (Lipinski definition) is 2. The summed E-state index contributed by atoms with van der Waals surface area (Å²) in [5.41, 5.74) is 9.54. The van der Waals surface area contributed by atoms with Gasteiger partial charge in [0.15, 0.2) is 5.11 Å². The highest BCUT2D eigenvalue weighted by Crippen LogP contribution is 2.26. The van der Waals surface area contributed by atoms with E-state index in [4.69, 9.17) is 33.7 Å². The summed E-state index contributed by atoms with van der Waals surface area (Å²) in [5.74, 6) is 0.594. The third-order valence-electron chi connectivity index (χ3n) is 2.65. The molecule has 2 aromatic rings. The van der Waals surface area contributed by atoms with Gasteiger partial charge in [-0.2, -0.15) is 5.10 Å². The Labute approximate surface area is 143 Å². The van der Waals surface area contributed by atoms with Crippen molar-refractivity contribution in [3.05, 3.63) is 63.6 Å². The summed E-state index contributed by atoms with van der Waals surface area (Å²) in [5, 5.41) is 5.15. The van der Waals surface area contributed by atoms with Crippen LogP contribution in [0.5, 0.6) is 5.75 Å². The van der Waals surface area contributed by atoms with Crippen molar-refractivity contribution in [2.45, 2.75) is 6.61 Å². The molecule has 0 spiro atoms. The van der Waals surface area contributed by atoms with Crippen molar-refractivity contribution in [1.29, 1.82) is 0 Å². The standard InChI is InChI=1S/C15H13Cl2N3OS/c16-12-4-1-10(2-5-12)9-21-14-6-3-11(7-13(14)17)8-19-20-15(18)22/h1-8H,9H2,(H3,18,20,22)/b19-8-. The van der Waals surface area contributed by atoms with Crippen molar-refractivity contribution < 1.29 is 4.74 Å². The smallest absolute Gasteiger partial charge is 0.184 e. The van der Waals surface area contributed by atoms with Gasteiger partial charge in [-0.1, -0.05) is 35.3 Å². The van der Waals surface area contributed by atoms with E-state index in [1.165, 1.54) is 0 Å². The van der Waals surface area contributed by atoms with E-state index in [2.05, 4.69) is 22.7 Å². The van der Waals surface area contributed by atoms with Gasteiger partial charge in [-0.15, -0.1) is 0 Å². The van der Waals surface area contributed by atoms with Gasteiger partial charge in [0.2, 0.25) is 0 Å². The summed E-state index contributed by atoms with van der Waals surface area (Å²) in [4.78, 5) is 0. The fourth-order valence-electron chi connectivity index (χ4n) is 1.63. The quantitative estimate of drug-likeness (QED) is 0.488. The van der Waals surface area contributed by atoms with E-state index in [-0.39, 0.29) is 5.11 Å². The van der Waals surface area contributed by atoms with Crippen LogP contribution in [-0.2, 0) is 6.61 Å². The Morgan fingerprint density at radius 3 is 2.59 bits per heavy atom. The highest BCUT2D eigenvalue weighted by atomic mass is 35.5. The van der Waals surface area contributed by atoms with Crippen molar-refractivity contribution in [2.24, 2.45) is 10.8 Å². The summed E-state index contributed by atoms with van der Waals surface area (Å²) in [6.07, 6.45) is 1.56. The van der Waals surface area contributed by atoms with Crippen LogP contribution in [0.25, 0.3) is 0 Å². The Morgan fingerprint density at radius 1 is 1.23 bits per heavy atom. The van der Waals surface area contributed by atoms with Gasteiger partial charge in [0.1, 0.15) is 12.4 Å².